The van der Waals surface area contributed by atoms with E-state index in [1.54, 1.807) is 23.1 Å². The molecule has 2 atom stereocenters. The summed E-state index contributed by atoms with van der Waals surface area (Å²) in [6.45, 7) is 0.839. The van der Waals surface area contributed by atoms with Gasteiger partial charge in [0.05, 0.1) is 11.7 Å². The van der Waals surface area contributed by atoms with Crippen molar-refractivity contribution >= 4 is 17.3 Å². The first-order chi connectivity index (χ1) is 18.1. The van der Waals surface area contributed by atoms with E-state index >= 15 is 0 Å². The molecule has 0 spiro atoms. The van der Waals surface area contributed by atoms with Crippen LogP contribution < -0.4 is 4.74 Å². The van der Waals surface area contributed by atoms with Crippen molar-refractivity contribution in [3.8, 4) is 11.5 Å². The van der Waals surface area contributed by atoms with Gasteiger partial charge in [-0.05, 0) is 60.2 Å². The van der Waals surface area contributed by atoms with E-state index in [4.69, 9.17) is 9.73 Å². The topological polar surface area (TPSA) is 72.6 Å². The van der Waals surface area contributed by atoms with Gasteiger partial charge in [0.2, 0.25) is 5.91 Å². The number of rotatable bonds is 7. The zero-order chi connectivity index (χ0) is 25.2. The monoisotopic (exact) mass is 495 g/mol. The number of ether oxygens (including phenoxy) is 1. The Morgan fingerprint density at radius 2 is 1.84 bits per heavy atom. The zero-order valence-corrected chi connectivity index (χ0v) is 20.2. The molecule has 186 valence electrons. The second-order valence-corrected chi connectivity index (χ2v) is 9.57. The molecular weight excluding hydrogens is 469 g/mol. The van der Waals surface area contributed by atoms with Gasteiger partial charge in [0.25, 0.3) is 0 Å². The van der Waals surface area contributed by atoms with Crippen molar-refractivity contribution in [3.63, 3.8) is 0 Å². The van der Waals surface area contributed by atoms with Crippen LogP contribution in [-0.4, -0.2) is 43.9 Å². The molecule has 1 saturated heterocycles. The van der Waals surface area contributed by atoms with Crippen LogP contribution in [-0.2, 0) is 24.2 Å². The molecular formula is C29H26FN5O2. The summed E-state index contributed by atoms with van der Waals surface area (Å²) in [5.74, 6) is 1.26. The third-order valence-corrected chi connectivity index (χ3v) is 6.97. The molecule has 0 bridgehead atoms. The third-order valence-electron chi connectivity index (χ3n) is 6.97. The van der Waals surface area contributed by atoms with Crippen LogP contribution in [0.5, 0.6) is 11.5 Å². The predicted octanol–water partition coefficient (Wildman–Crippen LogP) is 5.00. The Balaban J connectivity index is 1.23. The first kappa shape index (κ1) is 23.1. The first-order valence-corrected chi connectivity index (χ1v) is 12.4. The predicted molar refractivity (Wildman–Crippen MR) is 137 cm³/mol. The highest BCUT2D eigenvalue weighted by molar-refractivity contribution is 6.00. The Labute approximate surface area is 214 Å². The minimum absolute atomic E-state index is 0.0186. The molecule has 1 amide bonds. The Bertz CT molecular complexity index is 1420. The molecule has 4 aromatic rings. The van der Waals surface area contributed by atoms with Crippen molar-refractivity contribution in [2.24, 2.45) is 10.9 Å². The summed E-state index contributed by atoms with van der Waals surface area (Å²) < 4.78 is 20.7. The van der Waals surface area contributed by atoms with Crippen LogP contribution in [0.3, 0.4) is 0 Å². The Morgan fingerprint density at radius 1 is 1.03 bits per heavy atom. The third kappa shape index (κ3) is 5.14. The number of nitrogens with zero attached hydrogens (tertiary/aromatic N) is 5. The minimum Gasteiger partial charge on any atom is -0.457 e. The largest absolute Gasteiger partial charge is 0.457 e. The van der Waals surface area contributed by atoms with Gasteiger partial charge in [-0.1, -0.05) is 36.4 Å². The number of halogens is 1. The van der Waals surface area contributed by atoms with E-state index in [9.17, 15) is 9.18 Å². The van der Waals surface area contributed by atoms with Crippen LogP contribution in [0.1, 0.15) is 17.5 Å². The van der Waals surface area contributed by atoms with E-state index < -0.39 is 0 Å². The lowest BCUT2D eigenvalue weighted by molar-refractivity contribution is -0.132. The van der Waals surface area contributed by atoms with Crippen LogP contribution >= 0.6 is 0 Å². The van der Waals surface area contributed by atoms with E-state index in [0.717, 1.165) is 29.8 Å². The molecule has 0 saturated carbocycles. The smallest absolute Gasteiger partial charge is 0.244 e. The summed E-state index contributed by atoms with van der Waals surface area (Å²) in [5, 5.41) is 4.11. The molecule has 0 radical (unpaired) electrons. The van der Waals surface area contributed by atoms with Crippen LogP contribution in [0.2, 0.25) is 0 Å². The highest BCUT2D eigenvalue weighted by atomic mass is 19.1. The van der Waals surface area contributed by atoms with E-state index in [1.807, 2.05) is 29.2 Å². The standard InChI is InChI=1S/C29H26FN5O2/c30-23-7-10-24(11-8-23)37-25-9-6-22-14-27(33-26(22)15-25)28-13-21(12-20-4-2-1-3-5-20)16-35(28)29(36)17-34-19-31-18-32-34/h1-11,15,18-19,21,28H,12-14,16-17H2/t21-,28+/m1/s1. The fraction of sp³-hybridized carbons (Fsp3) is 0.241. The van der Waals surface area contributed by atoms with Gasteiger partial charge in [-0.2, -0.15) is 5.10 Å². The van der Waals surface area contributed by atoms with Crippen LogP contribution in [0.25, 0.3) is 0 Å². The van der Waals surface area contributed by atoms with Crippen molar-refractivity contribution in [1.29, 1.82) is 0 Å². The number of likely N-dealkylation sites (tertiary alicyclic amines) is 1. The molecule has 3 heterocycles. The number of hydrogen-bond donors (Lipinski definition) is 0. The average Bonchev–Trinajstić information content (AvgIpc) is 3.66. The maximum absolute atomic E-state index is 13.4. The molecule has 37 heavy (non-hydrogen) atoms. The lowest BCUT2D eigenvalue weighted by atomic mass is 9.94. The summed E-state index contributed by atoms with van der Waals surface area (Å²) in [5.41, 5.74) is 4.23. The Morgan fingerprint density at radius 3 is 2.62 bits per heavy atom. The highest BCUT2D eigenvalue weighted by Gasteiger charge is 2.39. The number of benzene rings is 3. The van der Waals surface area contributed by atoms with Crippen molar-refractivity contribution < 1.29 is 13.9 Å². The molecule has 7 nitrogen and oxygen atoms in total. The van der Waals surface area contributed by atoms with E-state index in [-0.39, 0.29) is 24.3 Å². The highest BCUT2D eigenvalue weighted by Crippen LogP contribution is 2.37. The molecule has 2 aliphatic rings. The molecule has 0 N–H and O–H groups in total. The van der Waals surface area contributed by atoms with E-state index in [0.29, 0.717) is 30.4 Å². The lowest BCUT2D eigenvalue weighted by Crippen LogP contribution is -2.42. The van der Waals surface area contributed by atoms with Crippen molar-refractivity contribution in [1.82, 2.24) is 19.7 Å². The van der Waals surface area contributed by atoms with Crippen molar-refractivity contribution in [2.75, 3.05) is 6.54 Å². The normalized spacial score (nSPS) is 18.5. The fourth-order valence-corrected chi connectivity index (χ4v) is 5.23. The zero-order valence-electron chi connectivity index (χ0n) is 20.2. The maximum atomic E-state index is 13.4. The van der Waals surface area contributed by atoms with Gasteiger partial charge in [0, 0.05) is 24.7 Å². The molecule has 1 fully saturated rings. The molecule has 0 unspecified atom stereocenters. The van der Waals surface area contributed by atoms with Crippen LogP contribution in [0.15, 0.2) is 90.4 Å². The number of fused-ring (bicyclic) bond motifs is 1. The van der Waals surface area contributed by atoms with Gasteiger partial charge in [-0.25, -0.2) is 14.1 Å². The second kappa shape index (κ2) is 9.97. The molecule has 1 aromatic heterocycles. The van der Waals surface area contributed by atoms with Gasteiger partial charge in [-0.3, -0.25) is 9.79 Å². The summed E-state index contributed by atoms with van der Waals surface area (Å²) in [7, 11) is 0. The number of hydrogen-bond acceptors (Lipinski definition) is 5. The average molecular weight is 496 g/mol. The SMILES string of the molecule is O=C(Cn1cncn1)N1C[C@H](Cc2ccccc2)C[C@H]1C1=Nc2cc(Oc3ccc(F)cc3)ccc2C1. The van der Waals surface area contributed by atoms with Crippen molar-refractivity contribution in [2.45, 2.75) is 31.8 Å². The molecule has 8 heteroatoms. The quantitative estimate of drug-likeness (QED) is 0.362. The summed E-state index contributed by atoms with van der Waals surface area (Å²) >= 11 is 0. The minimum atomic E-state index is -0.305. The van der Waals surface area contributed by atoms with Crippen LogP contribution in [0.4, 0.5) is 10.1 Å². The molecule has 0 aliphatic carbocycles. The lowest BCUT2D eigenvalue weighted by Gasteiger charge is -2.24. The summed E-state index contributed by atoms with van der Waals surface area (Å²) in [6.07, 6.45) is 5.48. The van der Waals surface area contributed by atoms with Gasteiger partial charge in [0.15, 0.2) is 0 Å². The van der Waals surface area contributed by atoms with E-state index in [1.165, 1.54) is 24.0 Å². The van der Waals surface area contributed by atoms with Crippen molar-refractivity contribution in [3.05, 3.63) is 102 Å². The molecule has 3 aromatic carbocycles. The first-order valence-electron chi connectivity index (χ1n) is 12.4. The van der Waals surface area contributed by atoms with Gasteiger partial charge < -0.3 is 9.64 Å². The fourth-order valence-electron chi connectivity index (χ4n) is 5.23. The Kier molecular flexibility index (Phi) is 6.22. The van der Waals surface area contributed by atoms with Gasteiger partial charge in [0.1, 0.15) is 36.5 Å². The molecule has 6 rings (SSSR count). The van der Waals surface area contributed by atoms with E-state index in [2.05, 4.69) is 34.3 Å². The summed E-state index contributed by atoms with van der Waals surface area (Å²) in [4.78, 5) is 24.3. The number of aliphatic imine (C=N–C) groups is 1. The number of aromatic nitrogens is 3. The van der Waals surface area contributed by atoms with Gasteiger partial charge in [-0.15, -0.1) is 0 Å². The van der Waals surface area contributed by atoms with Crippen LogP contribution in [0, 0.1) is 11.7 Å². The maximum Gasteiger partial charge on any atom is 0.244 e. The molecule has 2 aliphatic heterocycles. The number of carbonyl (C=O) groups is 1. The Hall–Kier alpha value is -4.33. The second-order valence-electron chi connectivity index (χ2n) is 9.57. The number of amides is 1. The van der Waals surface area contributed by atoms with Gasteiger partial charge >= 0.3 is 0 Å². The number of carbonyl (C=O) groups excluding carboxylic acids is 1. The summed E-state index contributed by atoms with van der Waals surface area (Å²) in [6, 6.07) is 22.1.